The Morgan fingerprint density at radius 1 is 1.04 bits per heavy atom. The highest BCUT2D eigenvalue weighted by Crippen LogP contribution is 2.25. The Labute approximate surface area is 149 Å². The van der Waals surface area contributed by atoms with Crippen LogP contribution in [0.15, 0.2) is 30.3 Å². The number of rotatable bonds is 2. The Morgan fingerprint density at radius 3 is 2.35 bits per heavy atom. The molecule has 134 valence electrons. The van der Waals surface area contributed by atoms with Crippen LogP contribution in [0.1, 0.15) is 21.5 Å². The van der Waals surface area contributed by atoms with Crippen LogP contribution in [0, 0.1) is 35.7 Å². The molecule has 0 aliphatic carbocycles. The monoisotopic (exact) mass is 359 g/mol. The molecular formula is C19H16F3N3O. The van der Waals surface area contributed by atoms with E-state index in [1.54, 1.807) is 17.9 Å². The maximum Gasteiger partial charge on any atom is 0.256 e. The number of hydrogen-bond donors (Lipinski definition) is 0. The lowest BCUT2D eigenvalue weighted by molar-refractivity contribution is 0.0742. The van der Waals surface area contributed by atoms with E-state index < -0.39 is 23.4 Å². The summed E-state index contributed by atoms with van der Waals surface area (Å²) in [6, 6.07) is 7.61. The van der Waals surface area contributed by atoms with Crippen molar-refractivity contribution in [1.82, 2.24) is 4.90 Å². The fourth-order valence-electron chi connectivity index (χ4n) is 3.01. The van der Waals surface area contributed by atoms with Gasteiger partial charge in [-0.2, -0.15) is 5.26 Å². The summed E-state index contributed by atoms with van der Waals surface area (Å²) in [5.41, 5.74) is 1.16. The molecule has 0 N–H and O–H groups in total. The molecule has 2 aromatic rings. The van der Waals surface area contributed by atoms with E-state index in [0.717, 1.165) is 12.1 Å². The van der Waals surface area contributed by atoms with Crippen molar-refractivity contribution in [1.29, 1.82) is 5.26 Å². The lowest BCUT2D eigenvalue weighted by Crippen LogP contribution is -2.49. The fourth-order valence-corrected chi connectivity index (χ4v) is 3.01. The fraction of sp³-hybridized carbons (Fsp3) is 0.263. The predicted molar refractivity (Wildman–Crippen MR) is 90.3 cm³/mol. The van der Waals surface area contributed by atoms with Gasteiger partial charge in [0.25, 0.3) is 5.91 Å². The van der Waals surface area contributed by atoms with Gasteiger partial charge in [0.2, 0.25) is 0 Å². The smallest absolute Gasteiger partial charge is 0.256 e. The third-order valence-corrected chi connectivity index (χ3v) is 4.48. The second-order valence-electron chi connectivity index (χ2n) is 6.13. The topological polar surface area (TPSA) is 47.3 Å². The van der Waals surface area contributed by atoms with Crippen molar-refractivity contribution >= 4 is 11.6 Å². The highest BCUT2D eigenvalue weighted by Gasteiger charge is 2.25. The van der Waals surface area contributed by atoms with Crippen LogP contribution in [0.25, 0.3) is 0 Å². The second-order valence-corrected chi connectivity index (χ2v) is 6.13. The lowest BCUT2D eigenvalue weighted by Gasteiger charge is -2.36. The van der Waals surface area contributed by atoms with Crippen LogP contribution in [-0.2, 0) is 0 Å². The summed E-state index contributed by atoms with van der Waals surface area (Å²) in [5, 5.41) is 8.96. The van der Waals surface area contributed by atoms with Crippen molar-refractivity contribution in [2.75, 3.05) is 31.1 Å². The number of nitriles is 1. The molecule has 26 heavy (non-hydrogen) atoms. The van der Waals surface area contributed by atoms with E-state index >= 15 is 0 Å². The zero-order valence-corrected chi connectivity index (χ0v) is 14.1. The molecule has 1 aliphatic rings. The summed E-state index contributed by atoms with van der Waals surface area (Å²) >= 11 is 0. The van der Waals surface area contributed by atoms with Crippen molar-refractivity contribution in [2.24, 2.45) is 0 Å². The van der Waals surface area contributed by atoms with Crippen LogP contribution < -0.4 is 4.90 Å². The third kappa shape index (κ3) is 3.36. The van der Waals surface area contributed by atoms with Gasteiger partial charge in [0.05, 0.1) is 22.9 Å². The summed E-state index contributed by atoms with van der Waals surface area (Å²) < 4.78 is 41.0. The summed E-state index contributed by atoms with van der Waals surface area (Å²) in [7, 11) is 0. The maximum absolute atomic E-state index is 14.3. The van der Waals surface area contributed by atoms with Crippen LogP contribution >= 0.6 is 0 Å². The van der Waals surface area contributed by atoms with Gasteiger partial charge < -0.3 is 9.80 Å². The number of carbonyl (C=O) groups excluding carboxylic acids is 1. The Morgan fingerprint density at radius 2 is 1.73 bits per heavy atom. The summed E-state index contributed by atoms with van der Waals surface area (Å²) in [5.74, 6) is -2.64. The van der Waals surface area contributed by atoms with Crippen molar-refractivity contribution in [3.05, 3.63) is 64.5 Å². The van der Waals surface area contributed by atoms with Crippen molar-refractivity contribution in [3.8, 4) is 6.07 Å². The molecule has 2 aromatic carbocycles. The molecule has 1 amide bonds. The minimum atomic E-state index is -0.897. The molecule has 0 spiro atoms. The first-order valence-electron chi connectivity index (χ1n) is 8.10. The van der Waals surface area contributed by atoms with Crippen molar-refractivity contribution < 1.29 is 18.0 Å². The largest absolute Gasteiger partial charge is 0.366 e. The van der Waals surface area contributed by atoms with Gasteiger partial charge in [-0.05, 0) is 36.8 Å². The first-order valence-corrected chi connectivity index (χ1v) is 8.10. The molecule has 1 saturated heterocycles. The zero-order valence-electron chi connectivity index (χ0n) is 14.1. The number of anilines is 1. The number of hydrogen-bond acceptors (Lipinski definition) is 3. The van der Waals surface area contributed by atoms with Gasteiger partial charge >= 0.3 is 0 Å². The number of nitrogens with zero attached hydrogens (tertiary/aromatic N) is 3. The lowest BCUT2D eigenvalue weighted by atomic mass is 10.1. The predicted octanol–water partition coefficient (Wildman–Crippen LogP) is 3.25. The molecule has 1 fully saturated rings. The zero-order chi connectivity index (χ0) is 18.8. The van der Waals surface area contributed by atoms with E-state index in [-0.39, 0.29) is 24.2 Å². The third-order valence-electron chi connectivity index (χ3n) is 4.48. The van der Waals surface area contributed by atoms with E-state index in [9.17, 15) is 18.0 Å². The molecular weight excluding hydrogens is 343 g/mol. The molecule has 0 radical (unpaired) electrons. The molecule has 4 nitrogen and oxygen atoms in total. The average Bonchev–Trinajstić information content (AvgIpc) is 2.63. The Bertz CT molecular complexity index is 900. The van der Waals surface area contributed by atoms with E-state index in [2.05, 4.69) is 0 Å². The highest BCUT2D eigenvalue weighted by molar-refractivity contribution is 5.94. The van der Waals surface area contributed by atoms with Crippen LogP contribution in [0.4, 0.5) is 18.9 Å². The van der Waals surface area contributed by atoms with Gasteiger partial charge in [0.1, 0.15) is 17.5 Å². The average molecular weight is 359 g/mol. The molecule has 1 aliphatic heterocycles. The number of amides is 1. The normalized spacial score (nSPS) is 14.3. The van der Waals surface area contributed by atoms with E-state index in [4.69, 9.17) is 5.26 Å². The Balaban J connectivity index is 1.72. The molecule has 0 unspecified atom stereocenters. The quantitative estimate of drug-likeness (QED) is 0.827. The van der Waals surface area contributed by atoms with Gasteiger partial charge in [-0.1, -0.05) is 0 Å². The Kier molecular flexibility index (Phi) is 4.85. The van der Waals surface area contributed by atoms with E-state index in [1.165, 1.54) is 11.0 Å². The molecule has 3 rings (SSSR count). The SMILES string of the molecule is Cc1cc(N2CCN(C(=O)c3ccc(F)cc3F)CC2)c(F)cc1C#N. The maximum atomic E-state index is 14.3. The number of carbonyl (C=O) groups is 1. The Hall–Kier alpha value is -3.01. The summed E-state index contributed by atoms with van der Waals surface area (Å²) in [6.07, 6.45) is 0. The summed E-state index contributed by atoms with van der Waals surface area (Å²) in [6.45, 7) is 3.05. The first kappa shape index (κ1) is 17.8. The molecule has 1 heterocycles. The van der Waals surface area contributed by atoms with Crippen LogP contribution in [0.5, 0.6) is 0 Å². The van der Waals surface area contributed by atoms with Gasteiger partial charge in [0, 0.05) is 32.2 Å². The standard InChI is InChI=1S/C19H16F3N3O/c1-12-8-18(17(22)9-13(12)11-23)24-4-6-25(7-5-24)19(26)15-3-2-14(20)10-16(15)21/h2-3,8-10H,4-7H2,1H3. The second kappa shape index (κ2) is 7.08. The molecule has 0 aromatic heterocycles. The minimum absolute atomic E-state index is 0.180. The molecule has 0 saturated carbocycles. The van der Waals surface area contributed by atoms with Gasteiger partial charge in [-0.3, -0.25) is 4.79 Å². The first-order chi connectivity index (χ1) is 12.4. The van der Waals surface area contributed by atoms with Crippen LogP contribution in [-0.4, -0.2) is 37.0 Å². The van der Waals surface area contributed by atoms with Gasteiger partial charge in [-0.25, -0.2) is 13.2 Å². The number of piperazine rings is 1. The molecule has 7 heteroatoms. The number of aryl methyl sites for hydroxylation is 1. The summed E-state index contributed by atoms with van der Waals surface area (Å²) in [4.78, 5) is 15.7. The highest BCUT2D eigenvalue weighted by atomic mass is 19.1. The van der Waals surface area contributed by atoms with Gasteiger partial charge in [0.15, 0.2) is 0 Å². The van der Waals surface area contributed by atoms with Gasteiger partial charge in [-0.15, -0.1) is 0 Å². The van der Waals surface area contributed by atoms with E-state index in [0.29, 0.717) is 30.4 Å². The van der Waals surface area contributed by atoms with Crippen LogP contribution in [0.3, 0.4) is 0 Å². The van der Waals surface area contributed by atoms with Crippen molar-refractivity contribution in [2.45, 2.75) is 6.92 Å². The molecule has 0 atom stereocenters. The number of benzene rings is 2. The number of halogens is 3. The molecule has 0 bridgehead atoms. The van der Waals surface area contributed by atoms with Crippen LogP contribution in [0.2, 0.25) is 0 Å². The van der Waals surface area contributed by atoms with E-state index in [1.807, 2.05) is 6.07 Å². The van der Waals surface area contributed by atoms with Crippen molar-refractivity contribution in [3.63, 3.8) is 0 Å². The minimum Gasteiger partial charge on any atom is -0.366 e.